The molecule has 2 aliphatic rings. The molecular weight excluding hydrogens is 446 g/mol. The lowest BCUT2D eigenvalue weighted by Gasteiger charge is -2.18. The van der Waals surface area contributed by atoms with Gasteiger partial charge in [-0.2, -0.15) is 0 Å². The van der Waals surface area contributed by atoms with Crippen molar-refractivity contribution in [1.29, 1.82) is 0 Å². The first-order valence-electron chi connectivity index (χ1n) is 10.6. The molecule has 0 fully saturated rings. The summed E-state index contributed by atoms with van der Waals surface area (Å²) in [6.07, 6.45) is 3.11. The molecule has 1 atom stereocenters. The Morgan fingerprint density at radius 3 is 2.94 bits per heavy atom. The third kappa shape index (κ3) is 3.95. The van der Waals surface area contributed by atoms with Crippen LogP contribution in [0, 0.1) is 0 Å². The molecule has 0 saturated heterocycles. The number of nitrogens with two attached hydrogens (primary N) is 1. The van der Waals surface area contributed by atoms with Crippen LogP contribution < -0.4 is 26.7 Å². The van der Waals surface area contributed by atoms with Crippen molar-refractivity contribution in [2.75, 3.05) is 11.9 Å². The number of nitrogens with one attached hydrogen (secondary N) is 3. The number of nitrogens with zero attached hydrogens (tertiary/aromatic N) is 1. The minimum atomic E-state index is -0.540. The fourth-order valence-corrected chi connectivity index (χ4v) is 5.58. The fraction of sp³-hybridized carbons (Fsp3) is 0.318. The van der Waals surface area contributed by atoms with Crippen molar-refractivity contribution in [2.45, 2.75) is 38.1 Å². The summed E-state index contributed by atoms with van der Waals surface area (Å²) in [4.78, 5) is 57.4. The Kier molecular flexibility index (Phi) is 5.33. The molecule has 1 aliphatic heterocycles. The number of carbonyl (C=O) groups excluding carboxylic acids is 3. The number of carbonyl (C=O) groups is 3. The first-order chi connectivity index (χ1) is 15.9. The van der Waals surface area contributed by atoms with Crippen LogP contribution in [0.15, 0.2) is 23.0 Å². The number of aromatic amines is 1. The Bertz CT molecular complexity index is 1360. The second kappa shape index (κ2) is 8.32. The first-order valence-corrected chi connectivity index (χ1v) is 11.4. The second-order valence-electron chi connectivity index (χ2n) is 8.08. The summed E-state index contributed by atoms with van der Waals surface area (Å²) in [6.45, 7) is 0.130. The molecule has 33 heavy (non-hydrogen) atoms. The second-order valence-corrected chi connectivity index (χ2v) is 9.17. The number of ether oxygens (including phenoxy) is 1. The molecule has 11 heteroatoms. The Morgan fingerprint density at radius 2 is 2.12 bits per heavy atom. The van der Waals surface area contributed by atoms with E-state index in [1.54, 1.807) is 18.2 Å². The zero-order valence-electron chi connectivity index (χ0n) is 17.5. The van der Waals surface area contributed by atoms with Gasteiger partial charge < -0.3 is 26.1 Å². The van der Waals surface area contributed by atoms with Gasteiger partial charge in [-0.3, -0.25) is 19.2 Å². The highest BCUT2D eigenvalue weighted by Gasteiger charge is 2.30. The zero-order chi connectivity index (χ0) is 23.1. The van der Waals surface area contributed by atoms with Gasteiger partial charge in [0.15, 0.2) is 6.61 Å². The number of thiophene rings is 1. The number of fused-ring (bicyclic) bond motifs is 4. The minimum Gasteiger partial charge on any atom is -0.482 e. The molecule has 1 aliphatic carbocycles. The standard InChI is InChI=1S/C22H21N5O5S/c23-18(29)11-3-1-2-4-14-16(11)17-20(30)26-19(27-22(17)33-14)21(31)24-8-10-5-6-13-12(7-10)25-15(28)9-32-13/h5-7,11H,1-4,8-9H2,(H2,23,29)(H,24,31)(H,25,28)(H,26,27,30). The fourth-order valence-electron chi connectivity index (χ4n) is 4.31. The highest BCUT2D eigenvalue weighted by atomic mass is 32.1. The van der Waals surface area contributed by atoms with Gasteiger partial charge in [0.25, 0.3) is 17.4 Å². The Labute approximate surface area is 191 Å². The summed E-state index contributed by atoms with van der Waals surface area (Å²) in [5.74, 6) is -1.30. The maximum absolute atomic E-state index is 12.9. The van der Waals surface area contributed by atoms with E-state index in [2.05, 4.69) is 20.6 Å². The molecule has 0 bridgehead atoms. The van der Waals surface area contributed by atoms with E-state index < -0.39 is 23.3 Å². The lowest BCUT2D eigenvalue weighted by atomic mass is 9.94. The number of aromatic nitrogens is 2. The Morgan fingerprint density at radius 1 is 1.27 bits per heavy atom. The summed E-state index contributed by atoms with van der Waals surface area (Å²) in [7, 11) is 0. The van der Waals surface area contributed by atoms with E-state index in [1.807, 2.05) is 0 Å². The number of benzene rings is 1. The molecule has 1 unspecified atom stereocenters. The summed E-state index contributed by atoms with van der Waals surface area (Å²) in [6, 6.07) is 5.21. The van der Waals surface area contributed by atoms with Gasteiger partial charge in [-0.15, -0.1) is 11.3 Å². The van der Waals surface area contributed by atoms with Crippen LogP contribution in [0.2, 0.25) is 0 Å². The lowest BCUT2D eigenvalue weighted by molar-refractivity contribution is -0.120. The number of rotatable bonds is 4. The van der Waals surface area contributed by atoms with Gasteiger partial charge in [0.2, 0.25) is 11.7 Å². The number of amides is 3. The Hall–Kier alpha value is -3.73. The number of hydrogen-bond donors (Lipinski definition) is 4. The molecule has 3 amide bonds. The summed E-state index contributed by atoms with van der Waals surface area (Å²) < 4.78 is 5.33. The third-order valence-corrected chi connectivity index (χ3v) is 7.02. The van der Waals surface area contributed by atoms with Gasteiger partial charge in [-0.25, -0.2) is 4.98 Å². The molecule has 3 aromatic rings. The maximum Gasteiger partial charge on any atom is 0.287 e. The number of primary amides is 1. The van der Waals surface area contributed by atoms with Crippen LogP contribution in [0.5, 0.6) is 5.75 Å². The molecule has 5 N–H and O–H groups in total. The largest absolute Gasteiger partial charge is 0.482 e. The highest BCUT2D eigenvalue weighted by molar-refractivity contribution is 7.18. The molecule has 0 saturated carbocycles. The molecular formula is C22H21N5O5S. The molecule has 3 heterocycles. The summed E-state index contributed by atoms with van der Waals surface area (Å²) in [5, 5.41) is 5.80. The van der Waals surface area contributed by atoms with Gasteiger partial charge in [-0.1, -0.05) is 12.5 Å². The van der Waals surface area contributed by atoms with Gasteiger partial charge >= 0.3 is 0 Å². The average Bonchev–Trinajstić information content (AvgIpc) is 3.02. The van der Waals surface area contributed by atoms with E-state index in [4.69, 9.17) is 10.5 Å². The van der Waals surface area contributed by atoms with Gasteiger partial charge in [-0.05, 0) is 42.5 Å². The van der Waals surface area contributed by atoms with E-state index in [0.29, 0.717) is 33.6 Å². The van der Waals surface area contributed by atoms with E-state index in [0.717, 1.165) is 29.7 Å². The molecule has 0 spiro atoms. The number of aryl methyl sites for hydroxylation is 1. The SMILES string of the molecule is NC(=O)C1CCCCc2sc3nc(C(=O)NCc4ccc5c(c4)NC(=O)CO5)[nH]c(=O)c3c21. The van der Waals surface area contributed by atoms with E-state index >= 15 is 0 Å². The maximum atomic E-state index is 12.9. The minimum absolute atomic E-state index is 0.0308. The molecule has 1 aromatic carbocycles. The van der Waals surface area contributed by atoms with Crippen LogP contribution in [0.1, 0.15) is 51.8 Å². The molecule has 5 rings (SSSR count). The van der Waals surface area contributed by atoms with Crippen LogP contribution in [0.3, 0.4) is 0 Å². The quantitative estimate of drug-likeness (QED) is 0.427. The zero-order valence-corrected chi connectivity index (χ0v) is 18.3. The predicted octanol–water partition coefficient (Wildman–Crippen LogP) is 1.54. The first kappa shape index (κ1) is 21.1. The van der Waals surface area contributed by atoms with Crippen molar-refractivity contribution in [3.8, 4) is 5.75 Å². The van der Waals surface area contributed by atoms with Crippen LogP contribution in [-0.2, 0) is 22.6 Å². The molecule has 2 aromatic heterocycles. The van der Waals surface area contributed by atoms with Crippen molar-refractivity contribution in [3.63, 3.8) is 0 Å². The van der Waals surface area contributed by atoms with Gasteiger partial charge in [0.1, 0.15) is 10.6 Å². The van der Waals surface area contributed by atoms with Crippen molar-refractivity contribution in [3.05, 3.63) is 50.4 Å². The van der Waals surface area contributed by atoms with Crippen LogP contribution in [0.4, 0.5) is 5.69 Å². The smallest absolute Gasteiger partial charge is 0.287 e. The molecule has 0 radical (unpaired) electrons. The Balaban J connectivity index is 1.40. The van der Waals surface area contributed by atoms with Crippen molar-refractivity contribution in [1.82, 2.24) is 15.3 Å². The number of hydrogen-bond acceptors (Lipinski definition) is 7. The number of H-pyrrole nitrogens is 1. The monoisotopic (exact) mass is 467 g/mol. The summed E-state index contributed by atoms with van der Waals surface area (Å²) in [5.41, 5.74) is 7.10. The number of anilines is 1. The molecule has 170 valence electrons. The van der Waals surface area contributed by atoms with Gasteiger partial charge in [0.05, 0.1) is 17.0 Å². The van der Waals surface area contributed by atoms with Gasteiger partial charge in [0, 0.05) is 11.4 Å². The van der Waals surface area contributed by atoms with E-state index in [-0.39, 0.29) is 24.9 Å². The predicted molar refractivity (Wildman–Crippen MR) is 121 cm³/mol. The van der Waals surface area contributed by atoms with Crippen molar-refractivity contribution < 1.29 is 19.1 Å². The van der Waals surface area contributed by atoms with E-state index in [1.165, 1.54) is 11.3 Å². The van der Waals surface area contributed by atoms with Crippen LogP contribution in [0.25, 0.3) is 10.2 Å². The van der Waals surface area contributed by atoms with Crippen molar-refractivity contribution in [2.24, 2.45) is 5.73 Å². The lowest BCUT2D eigenvalue weighted by Crippen LogP contribution is -2.28. The normalized spacial score (nSPS) is 17.3. The van der Waals surface area contributed by atoms with Crippen molar-refractivity contribution >= 4 is 45.0 Å². The van der Waals surface area contributed by atoms with E-state index in [9.17, 15) is 19.2 Å². The van der Waals surface area contributed by atoms with Crippen LogP contribution >= 0.6 is 11.3 Å². The topological polar surface area (TPSA) is 156 Å². The highest BCUT2D eigenvalue weighted by Crippen LogP contribution is 2.39. The summed E-state index contributed by atoms with van der Waals surface area (Å²) >= 11 is 1.34. The average molecular weight is 468 g/mol. The van der Waals surface area contributed by atoms with Crippen LogP contribution in [-0.4, -0.2) is 34.3 Å². The third-order valence-electron chi connectivity index (χ3n) is 5.86. The molecule has 10 nitrogen and oxygen atoms in total.